The van der Waals surface area contributed by atoms with Crippen LogP contribution in [0.2, 0.25) is 0 Å². The molecule has 1 unspecified atom stereocenters. The number of hydrogen-bond acceptors (Lipinski definition) is 2. The van der Waals surface area contributed by atoms with Crippen molar-refractivity contribution in [2.75, 3.05) is 0 Å². The first kappa shape index (κ1) is 18.3. The Bertz CT molecular complexity index is 882. The highest BCUT2D eigenvalue weighted by atomic mass is 16.6. The molecule has 0 saturated carbocycles. The first-order valence-corrected chi connectivity index (χ1v) is 9.89. The molecule has 3 nitrogen and oxygen atoms in total. The van der Waals surface area contributed by atoms with Crippen molar-refractivity contribution in [1.29, 1.82) is 0 Å². The highest BCUT2D eigenvalue weighted by molar-refractivity contribution is 5.59. The van der Waals surface area contributed by atoms with Crippen molar-refractivity contribution < 1.29 is 9.94 Å². The predicted molar refractivity (Wildman–Crippen MR) is 111 cm³/mol. The van der Waals surface area contributed by atoms with Crippen LogP contribution in [0.3, 0.4) is 0 Å². The van der Waals surface area contributed by atoms with E-state index >= 15 is 0 Å². The average molecular weight is 370 g/mol. The zero-order chi connectivity index (χ0) is 19.2. The maximum Gasteiger partial charge on any atom is 0.182 e. The molecule has 0 saturated heterocycles. The van der Waals surface area contributed by atoms with Crippen molar-refractivity contribution >= 4 is 6.21 Å². The van der Waals surface area contributed by atoms with E-state index in [2.05, 4.69) is 35.5 Å². The van der Waals surface area contributed by atoms with Crippen LogP contribution in [0.5, 0.6) is 5.75 Å². The predicted octanol–water partition coefficient (Wildman–Crippen LogP) is 6.43. The largest absolute Gasteiger partial charge is 0.383 e. The average Bonchev–Trinajstić information content (AvgIpc) is 2.75. The van der Waals surface area contributed by atoms with Gasteiger partial charge in [-0.05, 0) is 54.4 Å². The fraction of sp³-hybridized carbons (Fsp3) is 0.240. The molecular formula is C25H24NO2. The van der Waals surface area contributed by atoms with Gasteiger partial charge in [-0.25, -0.2) is 0 Å². The zero-order valence-electron chi connectivity index (χ0n) is 15.8. The molecule has 1 atom stereocenters. The lowest BCUT2D eigenvalue weighted by molar-refractivity contribution is 0.0881. The molecule has 0 heterocycles. The van der Waals surface area contributed by atoms with E-state index in [4.69, 9.17) is 4.84 Å². The number of hydrogen-bond donors (Lipinski definition) is 0. The molecule has 3 heteroatoms. The van der Waals surface area contributed by atoms with E-state index in [-0.39, 0.29) is 11.9 Å². The first-order chi connectivity index (χ1) is 13.8. The summed E-state index contributed by atoms with van der Waals surface area (Å²) < 4.78 is 0. The second-order valence-corrected chi connectivity index (χ2v) is 7.24. The van der Waals surface area contributed by atoms with Crippen LogP contribution in [-0.2, 0) is 16.4 Å². The van der Waals surface area contributed by atoms with Gasteiger partial charge in [-0.1, -0.05) is 78.0 Å². The van der Waals surface area contributed by atoms with E-state index in [1.54, 1.807) is 6.07 Å². The number of benzene rings is 3. The van der Waals surface area contributed by atoms with Crippen LogP contribution < -0.4 is 0 Å². The maximum absolute atomic E-state index is 12.1. The molecule has 28 heavy (non-hydrogen) atoms. The van der Waals surface area contributed by atoms with Crippen LogP contribution in [0.1, 0.15) is 53.5 Å². The number of oxime groups is 1. The Balaban J connectivity index is 1.47. The van der Waals surface area contributed by atoms with Crippen molar-refractivity contribution in [3.05, 3.63) is 101 Å². The van der Waals surface area contributed by atoms with E-state index in [0.29, 0.717) is 5.92 Å². The molecule has 0 N–H and O–H groups in total. The van der Waals surface area contributed by atoms with Crippen LogP contribution in [0.4, 0.5) is 0 Å². The molecule has 4 rings (SSSR count). The monoisotopic (exact) mass is 370 g/mol. The molecule has 0 aromatic heterocycles. The van der Waals surface area contributed by atoms with Crippen molar-refractivity contribution in [3.8, 4) is 5.75 Å². The fourth-order valence-electron chi connectivity index (χ4n) is 4.00. The van der Waals surface area contributed by atoms with E-state index < -0.39 is 0 Å². The van der Waals surface area contributed by atoms with Gasteiger partial charge in [0.1, 0.15) is 0 Å². The lowest BCUT2D eigenvalue weighted by Gasteiger charge is -2.24. The lowest BCUT2D eigenvalue weighted by atomic mass is 9.81. The molecule has 1 aliphatic carbocycles. The zero-order valence-corrected chi connectivity index (χ0v) is 15.8. The van der Waals surface area contributed by atoms with Crippen molar-refractivity contribution in [2.45, 2.75) is 37.7 Å². The normalized spacial score (nSPS) is 16.2. The van der Waals surface area contributed by atoms with Gasteiger partial charge >= 0.3 is 0 Å². The summed E-state index contributed by atoms with van der Waals surface area (Å²) in [5, 5.41) is 16.4. The van der Waals surface area contributed by atoms with Gasteiger partial charge in [0.2, 0.25) is 0 Å². The molecule has 1 radical (unpaired) electrons. The summed E-state index contributed by atoms with van der Waals surface area (Å²) in [4.78, 5) is 5.92. The van der Waals surface area contributed by atoms with Crippen LogP contribution in [0.25, 0.3) is 0 Å². The van der Waals surface area contributed by atoms with E-state index in [1.165, 1.54) is 5.56 Å². The molecule has 3 aromatic rings. The molecule has 0 fully saturated rings. The van der Waals surface area contributed by atoms with Gasteiger partial charge in [0.15, 0.2) is 11.9 Å². The number of rotatable bonds is 6. The Labute approximate surface area is 166 Å². The van der Waals surface area contributed by atoms with Gasteiger partial charge in [0, 0.05) is 11.8 Å². The van der Waals surface area contributed by atoms with Crippen molar-refractivity contribution in [3.63, 3.8) is 0 Å². The van der Waals surface area contributed by atoms with Gasteiger partial charge in [0.05, 0.1) is 0 Å². The van der Waals surface area contributed by atoms with E-state index in [9.17, 15) is 5.11 Å². The van der Waals surface area contributed by atoms with E-state index in [0.717, 1.165) is 42.4 Å². The number of nitrogens with zero attached hydrogens (tertiary/aromatic N) is 1. The fourth-order valence-corrected chi connectivity index (χ4v) is 4.00. The highest BCUT2D eigenvalue weighted by Crippen LogP contribution is 2.37. The SMILES string of the molecule is [O]c1cccc2c1CCCC2C/C=N\OC(c1ccccc1)c1ccccc1. The molecule has 141 valence electrons. The van der Waals surface area contributed by atoms with Crippen molar-refractivity contribution in [1.82, 2.24) is 0 Å². The summed E-state index contributed by atoms with van der Waals surface area (Å²) in [6, 6.07) is 25.9. The topological polar surface area (TPSA) is 41.5 Å². The van der Waals surface area contributed by atoms with Crippen LogP contribution in [-0.4, -0.2) is 6.21 Å². The molecule has 1 aliphatic rings. The minimum Gasteiger partial charge on any atom is -0.383 e. The molecule has 0 spiro atoms. The van der Waals surface area contributed by atoms with Gasteiger partial charge in [-0.15, -0.1) is 0 Å². The minimum absolute atomic E-state index is 0.170. The Morgan fingerprint density at radius 2 is 1.61 bits per heavy atom. The van der Waals surface area contributed by atoms with Crippen LogP contribution in [0, 0.1) is 0 Å². The molecule has 0 amide bonds. The third kappa shape index (κ3) is 4.09. The maximum atomic E-state index is 12.1. The second kappa shape index (κ2) is 8.75. The highest BCUT2D eigenvalue weighted by Gasteiger charge is 2.22. The van der Waals surface area contributed by atoms with Gasteiger partial charge < -0.3 is 4.84 Å². The smallest absolute Gasteiger partial charge is 0.182 e. The summed E-state index contributed by atoms with van der Waals surface area (Å²) in [5.41, 5.74) is 4.32. The van der Waals surface area contributed by atoms with Gasteiger partial charge in [-0.3, -0.25) is 5.11 Å². The number of fused-ring (bicyclic) bond motifs is 1. The standard InChI is InChI=1S/C25H24NO2/c27-24-16-8-14-22-19(13-7-15-23(22)24)17-18-26-28-25(20-9-3-1-4-10-20)21-11-5-2-6-12-21/h1-6,8-12,14,16,18-19,25H,7,13,15,17H2/b26-18-. The Kier molecular flexibility index (Phi) is 5.72. The first-order valence-electron chi connectivity index (χ1n) is 9.89. The van der Waals surface area contributed by atoms with Crippen LogP contribution in [0.15, 0.2) is 84.0 Å². The van der Waals surface area contributed by atoms with Gasteiger partial charge in [-0.2, -0.15) is 0 Å². The summed E-state index contributed by atoms with van der Waals surface area (Å²) in [6.45, 7) is 0. The molecule has 3 aromatic carbocycles. The summed E-state index contributed by atoms with van der Waals surface area (Å²) in [7, 11) is 0. The van der Waals surface area contributed by atoms with Crippen molar-refractivity contribution in [2.24, 2.45) is 5.16 Å². The molecular weight excluding hydrogens is 346 g/mol. The molecule has 0 aliphatic heterocycles. The van der Waals surface area contributed by atoms with Crippen LogP contribution >= 0.6 is 0 Å². The Morgan fingerprint density at radius 1 is 0.929 bits per heavy atom. The summed E-state index contributed by atoms with van der Waals surface area (Å²) in [5.74, 6) is 0.514. The van der Waals surface area contributed by atoms with Gasteiger partial charge in [0.25, 0.3) is 0 Å². The third-order valence-electron chi connectivity index (χ3n) is 5.42. The minimum atomic E-state index is -0.231. The Hall–Kier alpha value is -3.07. The quantitative estimate of drug-likeness (QED) is 0.364. The lowest BCUT2D eigenvalue weighted by Crippen LogP contribution is -2.10. The summed E-state index contributed by atoms with van der Waals surface area (Å²) in [6.07, 6.45) is 5.45. The Morgan fingerprint density at radius 3 is 2.29 bits per heavy atom. The van der Waals surface area contributed by atoms with E-state index in [1.807, 2.05) is 48.7 Å². The summed E-state index contributed by atoms with van der Waals surface area (Å²) >= 11 is 0. The third-order valence-corrected chi connectivity index (χ3v) is 5.42. The molecule has 0 bridgehead atoms. The second-order valence-electron chi connectivity index (χ2n) is 7.24.